The molecule has 0 spiro atoms. The molecule has 0 aromatic heterocycles. The molecule has 0 N–H and O–H groups in total. The number of hydrogen-bond donors (Lipinski definition) is 0. The highest BCUT2D eigenvalue weighted by Crippen LogP contribution is 2.52. The van der Waals surface area contributed by atoms with Crippen molar-refractivity contribution in [3.63, 3.8) is 0 Å². The van der Waals surface area contributed by atoms with Crippen molar-refractivity contribution in [2.24, 2.45) is 0 Å². The van der Waals surface area contributed by atoms with E-state index in [2.05, 4.69) is 99.6 Å². The van der Waals surface area contributed by atoms with Gasteiger partial charge in [-0.2, -0.15) is 0 Å². The van der Waals surface area contributed by atoms with Crippen LogP contribution in [-0.2, 0) is 5.41 Å². The van der Waals surface area contributed by atoms with Crippen molar-refractivity contribution in [1.82, 2.24) is 0 Å². The molecule has 132 valence electrons. The molecule has 0 radical (unpaired) electrons. The van der Waals surface area contributed by atoms with Crippen LogP contribution in [0.25, 0.3) is 21.9 Å². The predicted octanol–water partition coefficient (Wildman–Crippen LogP) is 7.25. The smallest absolute Gasteiger partial charge is 0.139 e. The molecule has 0 aliphatic carbocycles. The first-order chi connectivity index (χ1) is 13.0. The van der Waals surface area contributed by atoms with Gasteiger partial charge in [0.15, 0.2) is 0 Å². The predicted molar refractivity (Wildman–Crippen MR) is 113 cm³/mol. The second kappa shape index (κ2) is 5.72. The summed E-state index contributed by atoms with van der Waals surface area (Å²) in [7, 11) is 0. The standard InChI is InChI=1S/C26H22O/c1-17-8-6-11-20(14-17)21-12-7-13-22-25(21)27-24-16-19-10-5-4-9-18(19)15-23(24)26(22,2)3/h4-16H,1-3H3. The van der Waals surface area contributed by atoms with Gasteiger partial charge in [-0.1, -0.05) is 86.1 Å². The molecule has 4 aromatic carbocycles. The Kier molecular flexibility index (Phi) is 3.42. The van der Waals surface area contributed by atoms with Gasteiger partial charge < -0.3 is 4.74 Å². The topological polar surface area (TPSA) is 9.23 Å². The van der Waals surface area contributed by atoms with Crippen LogP contribution in [0.5, 0.6) is 11.5 Å². The van der Waals surface area contributed by atoms with Crippen molar-refractivity contribution < 1.29 is 4.74 Å². The molecule has 5 rings (SSSR count). The van der Waals surface area contributed by atoms with Crippen LogP contribution in [-0.4, -0.2) is 0 Å². The second-order valence-electron chi connectivity index (χ2n) is 7.97. The molecule has 1 nitrogen and oxygen atoms in total. The van der Waals surface area contributed by atoms with Gasteiger partial charge in [-0.3, -0.25) is 0 Å². The molecule has 0 fully saturated rings. The molecule has 1 aliphatic heterocycles. The fourth-order valence-electron chi connectivity index (χ4n) is 4.23. The molecule has 1 heteroatoms. The first kappa shape index (κ1) is 16.1. The lowest BCUT2D eigenvalue weighted by Gasteiger charge is -2.36. The summed E-state index contributed by atoms with van der Waals surface area (Å²) in [6, 6.07) is 28.1. The number of hydrogen-bond acceptors (Lipinski definition) is 1. The van der Waals surface area contributed by atoms with Crippen LogP contribution in [0.3, 0.4) is 0 Å². The van der Waals surface area contributed by atoms with Crippen molar-refractivity contribution in [3.8, 4) is 22.6 Å². The van der Waals surface area contributed by atoms with Gasteiger partial charge in [0.25, 0.3) is 0 Å². The lowest BCUT2D eigenvalue weighted by atomic mass is 9.74. The highest BCUT2D eigenvalue weighted by Gasteiger charge is 2.35. The Hall–Kier alpha value is -3.06. The fourth-order valence-corrected chi connectivity index (χ4v) is 4.23. The van der Waals surface area contributed by atoms with E-state index in [1.165, 1.54) is 33.0 Å². The SMILES string of the molecule is Cc1cccc(-c2cccc3c2Oc2cc4ccccc4cc2C3(C)C)c1. The average Bonchev–Trinajstić information content (AvgIpc) is 2.67. The zero-order chi connectivity index (χ0) is 18.6. The zero-order valence-corrected chi connectivity index (χ0v) is 15.9. The Bertz CT molecular complexity index is 1180. The first-order valence-corrected chi connectivity index (χ1v) is 9.46. The van der Waals surface area contributed by atoms with Crippen molar-refractivity contribution >= 4 is 10.8 Å². The molecule has 0 saturated heterocycles. The van der Waals surface area contributed by atoms with Crippen LogP contribution >= 0.6 is 0 Å². The van der Waals surface area contributed by atoms with Gasteiger partial charge in [0.1, 0.15) is 11.5 Å². The van der Waals surface area contributed by atoms with E-state index >= 15 is 0 Å². The van der Waals surface area contributed by atoms with E-state index < -0.39 is 0 Å². The van der Waals surface area contributed by atoms with Crippen molar-refractivity contribution in [3.05, 3.63) is 95.6 Å². The zero-order valence-electron chi connectivity index (χ0n) is 15.9. The Morgan fingerprint density at radius 3 is 2.22 bits per heavy atom. The molecular formula is C26H22O. The normalized spacial score (nSPS) is 14.3. The van der Waals surface area contributed by atoms with Gasteiger partial charge in [0.05, 0.1) is 0 Å². The molecule has 1 heterocycles. The second-order valence-corrected chi connectivity index (χ2v) is 7.97. The lowest BCUT2D eigenvalue weighted by Crippen LogP contribution is -2.24. The molecule has 0 bridgehead atoms. The summed E-state index contributed by atoms with van der Waals surface area (Å²) in [5, 5.41) is 2.47. The maximum atomic E-state index is 6.55. The van der Waals surface area contributed by atoms with Crippen LogP contribution in [0.1, 0.15) is 30.5 Å². The van der Waals surface area contributed by atoms with Gasteiger partial charge in [-0.05, 0) is 35.4 Å². The third-order valence-electron chi connectivity index (χ3n) is 5.75. The Morgan fingerprint density at radius 1 is 0.704 bits per heavy atom. The van der Waals surface area contributed by atoms with Crippen molar-refractivity contribution in [2.45, 2.75) is 26.2 Å². The van der Waals surface area contributed by atoms with E-state index in [9.17, 15) is 0 Å². The number of ether oxygens (including phenoxy) is 1. The maximum absolute atomic E-state index is 6.55. The Morgan fingerprint density at radius 2 is 1.44 bits per heavy atom. The van der Waals surface area contributed by atoms with Crippen LogP contribution in [0.2, 0.25) is 0 Å². The Balaban J connectivity index is 1.76. The van der Waals surface area contributed by atoms with Crippen LogP contribution in [0.15, 0.2) is 78.9 Å². The van der Waals surface area contributed by atoms with E-state index in [0.717, 1.165) is 17.1 Å². The minimum absolute atomic E-state index is 0.118. The molecular weight excluding hydrogens is 328 g/mol. The van der Waals surface area contributed by atoms with Gasteiger partial charge in [0, 0.05) is 22.1 Å². The highest BCUT2D eigenvalue weighted by atomic mass is 16.5. The third kappa shape index (κ3) is 2.46. The minimum Gasteiger partial charge on any atom is -0.456 e. The monoisotopic (exact) mass is 350 g/mol. The molecule has 0 atom stereocenters. The van der Waals surface area contributed by atoms with Crippen molar-refractivity contribution in [2.75, 3.05) is 0 Å². The highest BCUT2D eigenvalue weighted by molar-refractivity contribution is 5.87. The summed E-state index contributed by atoms with van der Waals surface area (Å²) < 4.78 is 6.55. The number of para-hydroxylation sites is 1. The van der Waals surface area contributed by atoms with Gasteiger partial charge in [-0.15, -0.1) is 0 Å². The van der Waals surface area contributed by atoms with Gasteiger partial charge in [-0.25, -0.2) is 0 Å². The van der Waals surface area contributed by atoms with Crippen LogP contribution in [0.4, 0.5) is 0 Å². The largest absolute Gasteiger partial charge is 0.456 e. The lowest BCUT2D eigenvalue weighted by molar-refractivity contribution is 0.420. The molecule has 27 heavy (non-hydrogen) atoms. The average molecular weight is 350 g/mol. The maximum Gasteiger partial charge on any atom is 0.139 e. The quantitative estimate of drug-likeness (QED) is 0.351. The van der Waals surface area contributed by atoms with Crippen LogP contribution in [0, 0.1) is 6.92 Å². The van der Waals surface area contributed by atoms with Gasteiger partial charge in [0.2, 0.25) is 0 Å². The number of rotatable bonds is 1. The van der Waals surface area contributed by atoms with Crippen LogP contribution < -0.4 is 4.74 Å². The summed E-state index contributed by atoms with van der Waals surface area (Å²) in [6.07, 6.45) is 0. The molecule has 0 amide bonds. The summed E-state index contributed by atoms with van der Waals surface area (Å²) >= 11 is 0. The van der Waals surface area contributed by atoms with E-state index in [1.807, 2.05) is 0 Å². The van der Waals surface area contributed by atoms with Gasteiger partial charge >= 0.3 is 0 Å². The first-order valence-electron chi connectivity index (χ1n) is 9.46. The van der Waals surface area contributed by atoms with E-state index in [0.29, 0.717) is 0 Å². The van der Waals surface area contributed by atoms with E-state index in [-0.39, 0.29) is 5.41 Å². The number of aryl methyl sites for hydroxylation is 1. The fraction of sp³-hybridized carbons (Fsp3) is 0.154. The van der Waals surface area contributed by atoms with E-state index in [1.54, 1.807) is 0 Å². The summed E-state index contributed by atoms with van der Waals surface area (Å²) in [5.74, 6) is 1.95. The summed E-state index contributed by atoms with van der Waals surface area (Å²) in [5.41, 5.74) is 5.98. The summed E-state index contributed by atoms with van der Waals surface area (Å²) in [4.78, 5) is 0. The Labute approximate surface area is 160 Å². The van der Waals surface area contributed by atoms with E-state index in [4.69, 9.17) is 4.74 Å². The third-order valence-corrected chi connectivity index (χ3v) is 5.75. The van der Waals surface area contributed by atoms with Crippen molar-refractivity contribution in [1.29, 1.82) is 0 Å². The molecule has 0 saturated carbocycles. The number of benzene rings is 4. The molecule has 1 aliphatic rings. The minimum atomic E-state index is -0.118. The summed E-state index contributed by atoms with van der Waals surface area (Å²) in [6.45, 7) is 6.72. The number of fused-ring (bicyclic) bond motifs is 3. The molecule has 0 unspecified atom stereocenters. The molecule has 4 aromatic rings.